The highest BCUT2D eigenvalue weighted by Crippen LogP contribution is 2.26. The van der Waals surface area contributed by atoms with Gasteiger partial charge < -0.3 is 19.7 Å². The van der Waals surface area contributed by atoms with Crippen molar-refractivity contribution in [2.24, 2.45) is 5.92 Å². The monoisotopic (exact) mass is 434 g/mol. The smallest absolute Gasteiger partial charge is 0.226 e. The Hall–Kier alpha value is -3.35. The van der Waals surface area contributed by atoms with E-state index in [0.717, 1.165) is 53.0 Å². The molecule has 2 aromatic carbocycles. The number of fused-ring (bicyclic) bond motifs is 1. The highest BCUT2D eigenvalue weighted by molar-refractivity contribution is 5.83. The molecule has 1 amide bonds. The lowest BCUT2D eigenvalue weighted by atomic mass is 9.97. The number of rotatable bonds is 6. The van der Waals surface area contributed by atoms with E-state index in [-0.39, 0.29) is 11.8 Å². The van der Waals surface area contributed by atoms with Crippen LogP contribution in [-0.2, 0) is 11.3 Å². The molecular formula is C25H30N4O3. The number of aryl methyl sites for hydroxylation is 2. The number of anilines is 1. The standard InChI is InChI=1S/C25H30N4O3/c1-16-7-9-21-17(2)27-25(28-22(21)12-16)29-11-5-6-18(15-29)24(30)26-14-19-13-20(31-3)8-10-23(19)32-4/h7-10,12-13,18H,5-6,11,14-15H2,1-4H3,(H,26,30)/t18-/m1/s1. The van der Waals surface area contributed by atoms with Crippen molar-refractivity contribution in [1.29, 1.82) is 0 Å². The first-order valence-corrected chi connectivity index (χ1v) is 11.0. The van der Waals surface area contributed by atoms with E-state index >= 15 is 0 Å². The lowest BCUT2D eigenvalue weighted by Gasteiger charge is -2.32. The lowest BCUT2D eigenvalue weighted by molar-refractivity contribution is -0.125. The van der Waals surface area contributed by atoms with Gasteiger partial charge in [0.15, 0.2) is 0 Å². The number of nitrogens with one attached hydrogen (secondary N) is 1. The van der Waals surface area contributed by atoms with Gasteiger partial charge >= 0.3 is 0 Å². The summed E-state index contributed by atoms with van der Waals surface area (Å²) in [6, 6.07) is 11.8. The van der Waals surface area contributed by atoms with E-state index in [9.17, 15) is 4.79 Å². The van der Waals surface area contributed by atoms with Gasteiger partial charge in [-0.2, -0.15) is 0 Å². The van der Waals surface area contributed by atoms with E-state index in [2.05, 4.69) is 35.3 Å². The molecule has 1 aliphatic rings. The van der Waals surface area contributed by atoms with Crippen LogP contribution in [0.15, 0.2) is 36.4 Å². The fourth-order valence-electron chi connectivity index (χ4n) is 4.24. The molecule has 0 bridgehead atoms. The minimum Gasteiger partial charge on any atom is -0.497 e. The molecule has 3 aromatic rings. The van der Waals surface area contributed by atoms with E-state index in [1.54, 1.807) is 14.2 Å². The molecule has 0 saturated carbocycles. The lowest BCUT2D eigenvalue weighted by Crippen LogP contribution is -2.43. The summed E-state index contributed by atoms with van der Waals surface area (Å²) in [6.07, 6.45) is 1.78. The molecule has 7 nitrogen and oxygen atoms in total. The van der Waals surface area contributed by atoms with Crippen LogP contribution in [0, 0.1) is 19.8 Å². The normalized spacial score (nSPS) is 16.1. The summed E-state index contributed by atoms with van der Waals surface area (Å²) in [7, 11) is 3.25. The van der Waals surface area contributed by atoms with Crippen LogP contribution in [0.3, 0.4) is 0 Å². The van der Waals surface area contributed by atoms with Crippen LogP contribution in [0.2, 0.25) is 0 Å². The highest BCUT2D eigenvalue weighted by Gasteiger charge is 2.27. The van der Waals surface area contributed by atoms with Crippen LogP contribution in [0.4, 0.5) is 5.95 Å². The van der Waals surface area contributed by atoms with Crippen molar-refractivity contribution >= 4 is 22.8 Å². The first kappa shape index (κ1) is 21.9. The molecule has 7 heteroatoms. The number of methoxy groups -OCH3 is 2. The summed E-state index contributed by atoms with van der Waals surface area (Å²) in [5.74, 6) is 2.09. The maximum atomic E-state index is 13.0. The second kappa shape index (κ2) is 9.42. The van der Waals surface area contributed by atoms with Crippen molar-refractivity contribution in [3.63, 3.8) is 0 Å². The molecule has 0 radical (unpaired) electrons. The van der Waals surface area contributed by atoms with Crippen molar-refractivity contribution in [2.45, 2.75) is 33.2 Å². The summed E-state index contributed by atoms with van der Waals surface area (Å²) in [4.78, 5) is 24.6. The zero-order chi connectivity index (χ0) is 22.7. The van der Waals surface area contributed by atoms with Gasteiger partial charge in [0.1, 0.15) is 11.5 Å². The van der Waals surface area contributed by atoms with Crippen molar-refractivity contribution in [3.8, 4) is 11.5 Å². The number of aromatic nitrogens is 2. The Morgan fingerprint density at radius 3 is 2.75 bits per heavy atom. The second-order valence-electron chi connectivity index (χ2n) is 8.31. The number of carbonyl (C=O) groups is 1. The zero-order valence-electron chi connectivity index (χ0n) is 19.1. The molecule has 2 heterocycles. The SMILES string of the molecule is COc1ccc(OC)c(CNC(=O)[C@@H]2CCCN(c3nc(C)c4ccc(C)cc4n3)C2)c1. The minimum absolute atomic E-state index is 0.0351. The van der Waals surface area contributed by atoms with Crippen LogP contribution in [-0.4, -0.2) is 43.2 Å². The average molecular weight is 435 g/mol. The fraction of sp³-hybridized carbons (Fsp3) is 0.400. The number of ether oxygens (including phenoxy) is 2. The summed E-state index contributed by atoms with van der Waals surface area (Å²) in [5, 5.41) is 4.14. The van der Waals surface area contributed by atoms with Gasteiger partial charge in [0.05, 0.1) is 31.3 Å². The van der Waals surface area contributed by atoms with Gasteiger partial charge in [-0.15, -0.1) is 0 Å². The summed E-state index contributed by atoms with van der Waals surface area (Å²) >= 11 is 0. The number of hydrogen-bond donors (Lipinski definition) is 1. The van der Waals surface area contributed by atoms with Gasteiger partial charge in [-0.3, -0.25) is 4.79 Å². The van der Waals surface area contributed by atoms with Crippen molar-refractivity contribution in [2.75, 3.05) is 32.2 Å². The molecule has 1 aliphatic heterocycles. The Kier molecular flexibility index (Phi) is 6.44. The molecular weight excluding hydrogens is 404 g/mol. The van der Waals surface area contributed by atoms with E-state index < -0.39 is 0 Å². The third-order valence-corrected chi connectivity index (χ3v) is 6.05. The van der Waals surface area contributed by atoms with E-state index in [0.29, 0.717) is 19.0 Å². The first-order valence-electron chi connectivity index (χ1n) is 11.0. The fourth-order valence-corrected chi connectivity index (χ4v) is 4.24. The minimum atomic E-state index is -0.113. The van der Waals surface area contributed by atoms with Crippen molar-refractivity contribution < 1.29 is 14.3 Å². The Bertz CT molecular complexity index is 1130. The summed E-state index contributed by atoms with van der Waals surface area (Å²) in [5.41, 5.74) is 3.97. The molecule has 0 aliphatic carbocycles. The molecule has 1 N–H and O–H groups in total. The van der Waals surface area contributed by atoms with Gasteiger partial charge in [-0.05, 0) is 56.5 Å². The number of hydrogen-bond acceptors (Lipinski definition) is 6. The van der Waals surface area contributed by atoms with E-state index in [1.165, 1.54) is 5.56 Å². The number of carbonyl (C=O) groups excluding carboxylic acids is 1. The molecule has 0 spiro atoms. The Morgan fingerprint density at radius 2 is 1.97 bits per heavy atom. The highest BCUT2D eigenvalue weighted by atomic mass is 16.5. The molecule has 1 aromatic heterocycles. The molecule has 1 saturated heterocycles. The summed E-state index contributed by atoms with van der Waals surface area (Å²) < 4.78 is 10.7. The predicted octanol–water partition coefficient (Wildman–Crippen LogP) is 3.80. The second-order valence-corrected chi connectivity index (χ2v) is 8.31. The van der Waals surface area contributed by atoms with Gasteiger partial charge in [-0.1, -0.05) is 12.1 Å². The largest absolute Gasteiger partial charge is 0.497 e. The quantitative estimate of drug-likeness (QED) is 0.636. The molecule has 32 heavy (non-hydrogen) atoms. The molecule has 168 valence electrons. The first-order chi connectivity index (χ1) is 15.5. The Labute approximate surface area is 188 Å². The van der Waals surface area contributed by atoms with Crippen LogP contribution in [0.25, 0.3) is 10.9 Å². The van der Waals surface area contributed by atoms with Crippen molar-refractivity contribution in [3.05, 3.63) is 53.2 Å². The Morgan fingerprint density at radius 1 is 1.12 bits per heavy atom. The molecule has 1 fully saturated rings. The zero-order valence-corrected chi connectivity index (χ0v) is 19.1. The van der Waals surface area contributed by atoms with E-state index in [4.69, 9.17) is 19.4 Å². The third-order valence-electron chi connectivity index (χ3n) is 6.05. The van der Waals surface area contributed by atoms with Gasteiger partial charge in [-0.25, -0.2) is 9.97 Å². The average Bonchev–Trinajstić information content (AvgIpc) is 2.82. The van der Waals surface area contributed by atoms with Gasteiger partial charge in [0, 0.05) is 30.6 Å². The van der Waals surface area contributed by atoms with Crippen molar-refractivity contribution in [1.82, 2.24) is 15.3 Å². The molecule has 4 rings (SSSR count). The topological polar surface area (TPSA) is 76.6 Å². The van der Waals surface area contributed by atoms with Crippen LogP contribution in [0.5, 0.6) is 11.5 Å². The van der Waals surface area contributed by atoms with Crippen LogP contribution >= 0.6 is 0 Å². The van der Waals surface area contributed by atoms with Crippen LogP contribution in [0.1, 0.15) is 29.7 Å². The molecule has 0 unspecified atom stereocenters. The number of piperidine rings is 1. The maximum absolute atomic E-state index is 13.0. The maximum Gasteiger partial charge on any atom is 0.226 e. The summed E-state index contributed by atoms with van der Waals surface area (Å²) in [6.45, 7) is 5.93. The van der Waals surface area contributed by atoms with E-state index in [1.807, 2.05) is 25.1 Å². The molecule has 1 atom stereocenters. The number of benzene rings is 2. The Balaban J connectivity index is 1.46. The van der Waals surface area contributed by atoms with Gasteiger partial charge in [0.2, 0.25) is 11.9 Å². The third kappa shape index (κ3) is 4.61. The number of nitrogens with zero attached hydrogens (tertiary/aromatic N) is 3. The predicted molar refractivity (Wildman–Crippen MR) is 125 cm³/mol. The number of amides is 1. The van der Waals surface area contributed by atoms with Crippen LogP contribution < -0.4 is 19.7 Å². The van der Waals surface area contributed by atoms with Gasteiger partial charge in [0.25, 0.3) is 0 Å².